The minimum Gasteiger partial charge on any atom is -0.497 e. The average molecular weight is 194 g/mol. The summed E-state index contributed by atoms with van der Waals surface area (Å²) >= 11 is 0. The Kier molecular flexibility index (Phi) is 6.91. The molecule has 14 heavy (non-hydrogen) atoms. The predicted molar refractivity (Wildman–Crippen MR) is 62.9 cm³/mol. The van der Waals surface area contributed by atoms with E-state index < -0.39 is 0 Å². The number of hydrogen-bond donors (Lipinski definition) is 0. The summed E-state index contributed by atoms with van der Waals surface area (Å²) in [7, 11) is 1.70. The van der Waals surface area contributed by atoms with Crippen LogP contribution in [-0.2, 0) is 6.42 Å². The van der Waals surface area contributed by atoms with Crippen molar-refractivity contribution in [2.45, 2.75) is 34.1 Å². The molecule has 1 aromatic rings. The first-order valence-corrected chi connectivity index (χ1v) is 5.35. The van der Waals surface area contributed by atoms with Gasteiger partial charge in [0, 0.05) is 0 Å². The highest BCUT2D eigenvalue weighted by molar-refractivity contribution is 5.28. The molecule has 0 saturated heterocycles. The van der Waals surface area contributed by atoms with E-state index in [9.17, 15) is 0 Å². The van der Waals surface area contributed by atoms with Gasteiger partial charge in [-0.2, -0.15) is 0 Å². The lowest BCUT2D eigenvalue weighted by atomic mass is 10.0. The van der Waals surface area contributed by atoms with Crippen molar-refractivity contribution in [2.75, 3.05) is 7.11 Å². The Labute approximate surface area is 88.1 Å². The normalized spacial score (nSPS) is 9.29. The Balaban J connectivity index is 0.000000791. The molecular weight excluding hydrogens is 172 g/mol. The molecule has 0 radical (unpaired) electrons. The molecular formula is C13H22O. The Morgan fingerprint density at radius 1 is 1.21 bits per heavy atom. The molecule has 1 rings (SSSR count). The van der Waals surface area contributed by atoms with Crippen molar-refractivity contribution in [3.05, 3.63) is 29.8 Å². The Hall–Kier alpha value is -0.980. The van der Waals surface area contributed by atoms with E-state index in [0.29, 0.717) is 5.92 Å². The topological polar surface area (TPSA) is 9.23 Å². The molecule has 0 saturated carbocycles. The van der Waals surface area contributed by atoms with Gasteiger partial charge in [-0.05, 0) is 30.0 Å². The van der Waals surface area contributed by atoms with Gasteiger partial charge in [0.2, 0.25) is 0 Å². The second kappa shape index (κ2) is 7.43. The van der Waals surface area contributed by atoms with E-state index in [1.807, 2.05) is 26.0 Å². The van der Waals surface area contributed by atoms with Crippen LogP contribution < -0.4 is 4.74 Å². The molecule has 1 aromatic carbocycles. The minimum atomic E-state index is 0.706. The predicted octanol–water partition coefficient (Wildman–Crippen LogP) is 3.92. The van der Waals surface area contributed by atoms with Gasteiger partial charge >= 0.3 is 0 Å². The van der Waals surface area contributed by atoms with Crippen LogP contribution in [0, 0.1) is 5.92 Å². The molecule has 0 N–H and O–H groups in total. The van der Waals surface area contributed by atoms with Gasteiger partial charge in [0.15, 0.2) is 0 Å². The maximum atomic E-state index is 5.14. The fourth-order valence-corrected chi connectivity index (χ4v) is 1.27. The fourth-order valence-electron chi connectivity index (χ4n) is 1.27. The molecule has 0 bridgehead atoms. The molecule has 0 aliphatic carbocycles. The third kappa shape index (κ3) is 4.90. The molecule has 1 heteroatoms. The van der Waals surface area contributed by atoms with Crippen LogP contribution in [0.15, 0.2) is 24.3 Å². The first-order chi connectivity index (χ1) is 6.72. The van der Waals surface area contributed by atoms with Crippen molar-refractivity contribution in [3.63, 3.8) is 0 Å². The van der Waals surface area contributed by atoms with Crippen LogP contribution in [0.5, 0.6) is 5.75 Å². The summed E-state index contributed by atoms with van der Waals surface area (Å²) in [5.41, 5.74) is 1.35. The number of benzene rings is 1. The first-order valence-electron chi connectivity index (χ1n) is 5.35. The number of rotatable bonds is 3. The molecule has 0 atom stereocenters. The lowest BCUT2D eigenvalue weighted by molar-refractivity contribution is 0.414. The van der Waals surface area contributed by atoms with Crippen LogP contribution in [0.3, 0.4) is 0 Å². The van der Waals surface area contributed by atoms with Gasteiger partial charge in [-0.15, -0.1) is 0 Å². The summed E-state index contributed by atoms with van der Waals surface area (Å²) in [5, 5.41) is 0. The fraction of sp³-hybridized carbons (Fsp3) is 0.538. The monoisotopic (exact) mass is 194 g/mol. The van der Waals surface area contributed by atoms with Crippen LogP contribution in [0.1, 0.15) is 33.3 Å². The summed E-state index contributed by atoms with van der Waals surface area (Å²) in [5.74, 6) is 1.66. The summed E-state index contributed by atoms with van der Waals surface area (Å²) in [6.07, 6.45) is 1.12. The van der Waals surface area contributed by atoms with Gasteiger partial charge < -0.3 is 4.74 Å². The van der Waals surface area contributed by atoms with Gasteiger partial charge in [-0.3, -0.25) is 0 Å². The van der Waals surface area contributed by atoms with Gasteiger partial charge in [0.05, 0.1) is 7.11 Å². The number of ether oxygens (including phenoxy) is 1. The molecule has 0 fully saturated rings. The number of hydrogen-bond acceptors (Lipinski definition) is 1. The lowest BCUT2D eigenvalue weighted by Crippen LogP contribution is -1.94. The largest absolute Gasteiger partial charge is 0.497 e. The highest BCUT2D eigenvalue weighted by Crippen LogP contribution is 2.15. The molecule has 0 aliphatic rings. The van der Waals surface area contributed by atoms with Crippen molar-refractivity contribution in [1.82, 2.24) is 0 Å². The zero-order chi connectivity index (χ0) is 11.0. The molecule has 0 amide bonds. The Morgan fingerprint density at radius 2 is 1.86 bits per heavy atom. The molecule has 1 nitrogen and oxygen atoms in total. The van der Waals surface area contributed by atoms with E-state index in [1.165, 1.54) is 5.56 Å². The third-order valence-corrected chi connectivity index (χ3v) is 1.78. The second-order valence-electron chi connectivity index (χ2n) is 3.45. The third-order valence-electron chi connectivity index (χ3n) is 1.78. The molecule has 0 aromatic heterocycles. The average Bonchev–Trinajstić information content (AvgIpc) is 2.20. The standard InChI is InChI=1S/C11H16O.C2H6/c1-9(2)7-10-5-4-6-11(8-10)12-3;1-2/h4-6,8-9H,7H2,1-3H3;1-2H3. The van der Waals surface area contributed by atoms with E-state index in [2.05, 4.69) is 26.0 Å². The molecule has 0 aliphatic heterocycles. The Bertz CT molecular complexity index is 241. The summed E-state index contributed by atoms with van der Waals surface area (Å²) in [4.78, 5) is 0. The van der Waals surface area contributed by atoms with Crippen molar-refractivity contribution >= 4 is 0 Å². The highest BCUT2D eigenvalue weighted by atomic mass is 16.5. The van der Waals surface area contributed by atoms with Crippen molar-refractivity contribution in [3.8, 4) is 5.75 Å². The summed E-state index contributed by atoms with van der Waals surface area (Å²) in [6, 6.07) is 8.25. The minimum absolute atomic E-state index is 0.706. The van der Waals surface area contributed by atoms with Crippen molar-refractivity contribution in [1.29, 1.82) is 0 Å². The summed E-state index contributed by atoms with van der Waals surface area (Å²) in [6.45, 7) is 8.44. The maximum absolute atomic E-state index is 5.14. The van der Waals surface area contributed by atoms with Gasteiger partial charge in [0.25, 0.3) is 0 Å². The van der Waals surface area contributed by atoms with Gasteiger partial charge in [-0.25, -0.2) is 0 Å². The van der Waals surface area contributed by atoms with Crippen LogP contribution in [0.2, 0.25) is 0 Å². The number of methoxy groups -OCH3 is 1. The zero-order valence-electron chi connectivity index (χ0n) is 10.0. The maximum Gasteiger partial charge on any atom is 0.119 e. The second-order valence-corrected chi connectivity index (χ2v) is 3.45. The Morgan fingerprint density at radius 3 is 2.36 bits per heavy atom. The quantitative estimate of drug-likeness (QED) is 0.708. The van der Waals surface area contributed by atoms with Gasteiger partial charge in [-0.1, -0.05) is 39.8 Å². The van der Waals surface area contributed by atoms with Crippen molar-refractivity contribution in [2.24, 2.45) is 5.92 Å². The van der Waals surface area contributed by atoms with Crippen molar-refractivity contribution < 1.29 is 4.74 Å². The van der Waals surface area contributed by atoms with E-state index >= 15 is 0 Å². The lowest BCUT2D eigenvalue weighted by Gasteiger charge is -2.06. The first kappa shape index (κ1) is 13.0. The van der Waals surface area contributed by atoms with Crippen LogP contribution in [0.4, 0.5) is 0 Å². The van der Waals surface area contributed by atoms with E-state index in [4.69, 9.17) is 4.74 Å². The van der Waals surface area contributed by atoms with E-state index in [0.717, 1.165) is 12.2 Å². The van der Waals surface area contributed by atoms with Gasteiger partial charge in [0.1, 0.15) is 5.75 Å². The molecule has 80 valence electrons. The molecule has 0 unspecified atom stereocenters. The van der Waals surface area contributed by atoms with E-state index in [-0.39, 0.29) is 0 Å². The SMILES string of the molecule is CC.COc1cccc(CC(C)C)c1. The molecule has 0 heterocycles. The zero-order valence-corrected chi connectivity index (χ0v) is 10.0. The molecule has 0 spiro atoms. The smallest absolute Gasteiger partial charge is 0.119 e. The van der Waals surface area contributed by atoms with E-state index in [1.54, 1.807) is 7.11 Å². The highest BCUT2D eigenvalue weighted by Gasteiger charge is 1.98. The summed E-state index contributed by atoms with van der Waals surface area (Å²) < 4.78 is 5.14. The van der Waals surface area contributed by atoms with Crippen LogP contribution >= 0.6 is 0 Å². The van der Waals surface area contributed by atoms with Crippen LogP contribution in [0.25, 0.3) is 0 Å². The van der Waals surface area contributed by atoms with Crippen LogP contribution in [-0.4, -0.2) is 7.11 Å².